The van der Waals surface area contributed by atoms with Crippen LogP contribution in [0.2, 0.25) is 5.02 Å². The summed E-state index contributed by atoms with van der Waals surface area (Å²) in [7, 11) is 0. The third-order valence-electron chi connectivity index (χ3n) is 2.99. The minimum atomic E-state index is -0.504. The molecule has 20 heavy (non-hydrogen) atoms. The van der Waals surface area contributed by atoms with Gasteiger partial charge in [-0.2, -0.15) is 0 Å². The highest BCUT2D eigenvalue weighted by Crippen LogP contribution is 2.27. The molecule has 0 aromatic heterocycles. The average Bonchev–Trinajstić information content (AvgIpc) is 2.41. The molecule has 0 aliphatic carbocycles. The Morgan fingerprint density at radius 2 is 1.95 bits per heavy atom. The van der Waals surface area contributed by atoms with E-state index < -0.39 is 17.7 Å². The van der Waals surface area contributed by atoms with Gasteiger partial charge in [-0.25, -0.2) is 8.78 Å². The summed E-state index contributed by atoms with van der Waals surface area (Å²) in [6.07, 6.45) is 0.283. The van der Waals surface area contributed by atoms with Gasteiger partial charge in [0.1, 0.15) is 11.6 Å². The Morgan fingerprint density at radius 1 is 1.20 bits per heavy atom. The monoisotopic (exact) mass is 360 g/mol. The van der Waals surface area contributed by atoms with Gasteiger partial charge in [-0.15, -0.1) is 0 Å². The molecule has 1 atom stereocenters. The molecule has 106 valence electrons. The van der Waals surface area contributed by atoms with E-state index in [4.69, 9.17) is 17.4 Å². The van der Waals surface area contributed by atoms with Crippen LogP contribution in [0.1, 0.15) is 17.2 Å². The molecular formula is C14H12BrClF2N2. The number of hydrazine groups is 1. The second-order valence-electron chi connectivity index (χ2n) is 4.30. The summed E-state index contributed by atoms with van der Waals surface area (Å²) < 4.78 is 28.0. The lowest BCUT2D eigenvalue weighted by Crippen LogP contribution is -2.30. The highest BCUT2D eigenvalue weighted by molar-refractivity contribution is 9.10. The van der Waals surface area contributed by atoms with Crippen LogP contribution in [0.4, 0.5) is 8.78 Å². The highest BCUT2D eigenvalue weighted by Gasteiger charge is 2.17. The van der Waals surface area contributed by atoms with E-state index in [1.54, 1.807) is 24.3 Å². The number of halogens is 4. The van der Waals surface area contributed by atoms with E-state index >= 15 is 0 Å². The Balaban J connectivity index is 2.31. The minimum Gasteiger partial charge on any atom is -0.271 e. The summed E-state index contributed by atoms with van der Waals surface area (Å²) in [5.41, 5.74) is 3.50. The number of benzene rings is 2. The molecule has 0 heterocycles. The van der Waals surface area contributed by atoms with Gasteiger partial charge in [0.2, 0.25) is 0 Å². The minimum absolute atomic E-state index is 0.0327. The lowest BCUT2D eigenvalue weighted by Gasteiger charge is -2.18. The van der Waals surface area contributed by atoms with Crippen LogP contribution in [0, 0.1) is 11.6 Å². The molecule has 0 spiro atoms. The van der Waals surface area contributed by atoms with Crippen LogP contribution in [0.15, 0.2) is 40.9 Å². The van der Waals surface area contributed by atoms with Crippen LogP contribution < -0.4 is 11.3 Å². The fourth-order valence-electron chi connectivity index (χ4n) is 1.97. The first-order valence-electron chi connectivity index (χ1n) is 5.87. The molecule has 0 bridgehead atoms. The van der Waals surface area contributed by atoms with Crippen molar-refractivity contribution in [1.82, 2.24) is 5.43 Å². The Morgan fingerprint density at radius 3 is 2.60 bits per heavy atom. The molecule has 0 saturated carbocycles. The molecule has 0 saturated heterocycles. The first kappa shape index (κ1) is 15.4. The van der Waals surface area contributed by atoms with Gasteiger partial charge in [0.15, 0.2) is 0 Å². The van der Waals surface area contributed by atoms with Gasteiger partial charge >= 0.3 is 0 Å². The Kier molecular flexibility index (Phi) is 5.10. The van der Waals surface area contributed by atoms with Crippen LogP contribution in [0.3, 0.4) is 0 Å². The van der Waals surface area contributed by atoms with Crippen molar-refractivity contribution in [1.29, 1.82) is 0 Å². The lowest BCUT2D eigenvalue weighted by atomic mass is 9.99. The highest BCUT2D eigenvalue weighted by atomic mass is 79.9. The van der Waals surface area contributed by atoms with E-state index in [1.165, 1.54) is 12.1 Å². The largest absolute Gasteiger partial charge is 0.271 e. The average molecular weight is 362 g/mol. The van der Waals surface area contributed by atoms with Crippen molar-refractivity contribution in [3.63, 3.8) is 0 Å². The molecule has 2 aromatic rings. The van der Waals surface area contributed by atoms with E-state index in [-0.39, 0.29) is 11.4 Å². The van der Waals surface area contributed by atoms with Crippen LogP contribution in [-0.2, 0) is 6.42 Å². The van der Waals surface area contributed by atoms with Gasteiger partial charge in [0.25, 0.3) is 0 Å². The van der Waals surface area contributed by atoms with Gasteiger partial charge in [-0.05, 0) is 30.2 Å². The molecule has 2 rings (SSSR count). The molecule has 0 aliphatic heterocycles. The molecule has 1 unspecified atom stereocenters. The number of nitrogens with two attached hydrogens (primary N) is 1. The van der Waals surface area contributed by atoms with E-state index in [0.717, 1.165) is 0 Å². The summed E-state index contributed by atoms with van der Waals surface area (Å²) >= 11 is 9.09. The van der Waals surface area contributed by atoms with Crippen molar-refractivity contribution >= 4 is 27.5 Å². The van der Waals surface area contributed by atoms with Crippen molar-refractivity contribution in [3.05, 3.63) is 68.7 Å². The third-order valence-corrected chi connectivity index (χ3v) is 3.91. The van der Waals surface area contributed by atoms with Crippen molar-refractivity contribution in [2.75, 3.05) is 0 Å². The molecular weight excluding hydrogens is 350 g/mol. The zero-order valence-electron chi connectivity index (χ0n) is 10.3. The molecule has 3 N–H and O–H groups in total. The second kappa shape index (κ2) is 6.63. The van der Waals surface area contributed by atoms with Crippen LogP contribution >= 0.6 is 27.5 Å². The SMILES string of the molecule is NNC(Cc1cccc(F)c1Cl)c1ccc(Br)cc1F. The molecule has 2 aromatic carbocycles. The van der Waals surface area contributed by atoms with E-state index in [9.17, 15) is 8.78 Å². The van der Waals surface area contributed by atoms with E-state index in [0.29, 0.717) is 15.6 Å². The molecule has 0 aliphatic rings. The predicted octanol–water partition coefficient (Wildman–Crippen LogP) is 4.13. The summed E-state index contributed by atoms with van der Waals surface area (Å²) in [4.78, 5) is 0. The van der Waals surface area contributed by atoms with Crippen molar-refractivity contribution < 1.29 is 8.78 Å². The van der Waals surface area contributed by atoms with Crippen LogP contribution in [-0.4, -0.2) is 0 Å². The predicted molar refractivity (Wildman–Crippen MR) is 79.3 cm³/mol. The Labute approximate surface area is 129 Å². The normalized spacial score (nSPS) is 12.4. The molecule has 0 fully saturated rings. The van der Waals surface area contributed by atoms with Crippen LogP contribution in [0.5, 0.6) is 0 Å². The van der Waals surface area contributed by atoms with Crippen molar-refractivity contribution in [2.24, 2.45) is 5.84 Å². The number of hydrogen-bond donors (Lipinski definition) is 2. The second-order valence-corrected chi connectivity index (χ2v) is 5.60. The van der Waals surface area contributed by atoms with Gasteiger partial charge in [0, 0.05) is 10.0 Å². The van der Waals surface area contributed by atoms with Gasteiger partial charge in [0.05, 0.1) is 11.1 Å². The van der Waals surface area contributed by atoms with Crippen molar-refractivity contribution in [2.45, 2.75) is 12.5 Å². The van der Waals surface area contributed by atoms with Crippen molar-refractivity contribution in [3.8, 4) is 0 Å². The molecule has 6 heteroatoms. The first-order chi connectivity index (χ1) is 9.52. The van der Waals surface area contributed by atoms with Gasteiger partial charge in [-0.3, -0.25) is 11.3 Å². The summed E-state index contributed by atoms with van der Waals surface area (Å²) in [5.74, 6) is 4.59. The maximum absolute atomic E-state index is 13.9. The summed E-state index contributed by atoms with van der Waals surface area (Å²) in [5, 5.41) is 0.0327. The molecule has 0 amide bonds. The van der Waals surface area contributed by atoms with E-state index in [1.807, 2.05) is 0 Å². The third kappa shape index (κ3) is 3.35. The quantitative estimate of drug-likeness (QED) is 0.635. The topological polar surface area (TPSA) is 38.0 Å². The maximum atomic E-state index is 13.9. The maximum Gasteiger partial charge on any atom is 0.142 e. The fraction of sp³-hybridized carbons (Fsp3) is 0.143. The zero-order valence-corrected chi connectivity index (χ0v) is 12.7. The van der Waals surface area contributed by atoms with Gasteiger partial charge < -0.3 is 0 Å². The smallest absolute Gasteiger partial charge is 0.142 e. The number of hydrogen-bond acceptors (Lipinski definition) is 2. The fourth-order valence-corrected chi connectivity index (χ4v) is 2.51. The Hall–Kier alpha value is -1.01. The van der Waals surface area contributed by atoms with E-state index in [2.05, 4.69) is 21.4 Å². The summed E-state index contributed by atoms with van der Waals surface area (Å²) in [6, 6.07) is 8.72. The van der Waals surface area contributed by atoms with Crippen LogP contribution in [0.25, 0.3) is 0 Å². The Bertz CT molecular complexity index is 622. The first-order valence-corrected chi connectivity index (χ1v) is 7.04. The standard InChI is InChI=1S/C14H12BrClF2N2/c15-9-4-5-10(12(18)7-9)13(20-19)6-8-2-1-3-11(17)14(8)16/h1-5,7,13,20H,6,19H2. The molecule has 2 nitrogen and oxygen atoms in total. The molecule has 0 radical (unpaired) electrons. The lowest BCUT2D eigenvalue weighted by molar-refractivity contribution is 0.509. The zero-order chi connectivity index (χ0) is 14.7. The number of nitrogens with one attached hydrogen (secondary N) is 1. The summed E-state index contributed by atoms with van der Waals surface area (Å²) in [6.45, 7) is 0. The number of rotatable bonds is 4. The van der Waals surface area contributed by atoms with Gasteiger partial charge in [-0.1, -0.05) is 45.7 Å².